The second-order valence-corrected chi connectivity index (χ2v) is 3.66. The molecular weight excluding hydrogens is 214 g/mol. The van der Waals surface area contributed by atoms with Crippen LogP contribution in [0.15, 0.2) is 0 Å². The number of nitrogens with one attached hydrogen (secondary N) is 1. The van der Waals surface area contributed by atoms with Crippen LogP contribution >= 0.6 is 0 Å². The van der Waals surface area contributed by atoms with Crippen molar-refractivity contribution in [3.05, 3.63) is 0 Å². The second-order valence-electron chi connectivity index (χ2n) is 3.66. The highest BCUT2D eigenvalue weighted by atomic mass is 16.4. The van der Waals surface area contributed by atoms with Gasteiger partial charge in [-0.1, -0.05) is 6.92 Å². The molecule has 0 bridgehead atoms. The monoisotopic (exact) mass is 229 g/mol. The van der Waals surface area contributed by atoms with Gasteiger partial charge in [-0.3, -0.25) is 19.3 Å². The molecule has 0 saturated carbocycles. The summed E-state index contributed by atoms with van der Waals surface area (Å²) >= 11 is 0. The van der Waals surface area contributed by atoms with E-state index in [1.807, 2.05) is 0 Å². The number of hydrogen-bond acceptors (Lipinski definition) is 4. The highest BCUT2D eigenvalue weighted by molar-refractivity contribution is 5.86. The molecule has 90 valence electrons. The van der Waals surface area contributed by atoms with Crippen LogP contribution in [0.3, 0.4) is 0 Å². The number of carboxylic acids is 1. The third-order valence-corrected chi connectivity index (χ3v) is 2.62. The predicted octanol–water partition coefficient (Wildman–Crippen LogP) is -1.86. The standard InChI is InChI=1S/C9H15N3O4/c1-2-5(8(10)14)12-4-7(13)11-3-6(12)9(15)16/h5-6H,2-4H2,1H3,(H2,10,14)(H,11,13)(H,15,16). The number of rotatable bonds is 4. The zero-order chi connectivity index (χ0) is 12.3. The number of amides is 2. The van der Waals surface area contributed by atoms with Gasteiger partial charge in [0.2, 0.25) is 11.8 Å². The lowest BCUT2D eigenvalue weighted by Gasteiger charge is -2.36. The van der Waals surface area contributed by atoms with E-state index in [0.29, 0.717) is 6.42 Å². The van der Waals surface area contributed by atoms with E-state index in [-0.39, 0.29) is 19.0 Å². The molecule has 7 heteroatoms. The number of nitrogens with two attached hydrogens (primary N) is 1. The molecule has 2 atom stereocenters. The molecule has 7 nitrogen and oxygen atoms in total. The summed E-state index contributed by atoms with van der Waals surface area (Å²) in [7, 11) is 0. The summed E-state index contributed by atoms with van der Waals surface area (Å²) in [5.74, 6) is -1.97. The van der Waals surface area contributed by atoms with E-state index in [1.165, 1.54) is 4.90 Å². The van der Waals surface area contributed by atoms with Gasteiger partial charge in [-0.15, -0.1) is 0 Å². The maximum absolute atomic E-state index is 11.2. The normalized spacial score (nSPS) is 23.6. The molecule has 1 fully saturated rings. The Morgan fingerprint density at radius 3 is 2.75 bits per heavy atom. The fourth-order valence-electron chi connectivity index (χ4n) is 1.82. The maximum Gasteiger partial charge on any atom is 0.322 e. The average Bonchev–Trinajstić information content (AvgIpc) is 2.17. The zero-order valence-electron chi connectivity index (χ0n) is 8.97. The van der Waals surface area contributed by atoms with Crippen LogP contribution in [0.1, 0.15) is 13.3 Å². The molecule has 1 heterocycles. The summed E-state index contributed by atoms with van der Waals surface area (Å²) in [5.41, 5.74) is 5.18. The van der Waals surface area contributed by atoms with Gasteiger partial charge in [0.1, 0.15) is 6.04 Å². The number of piperazine rings is 1. The average molecular weight is 229 g/mol. The van der Waals surface area contributed by atoms with Crippen LogP contribution in [0, 0.1) is 0 Å². The minimum Gasteiger partial charge on any atom is -0.480 e. The maximum atomic E-state index is 11.2. The van der Waals surface area contributed by atoms with Crippen molar-refractivity contribution in [2.24, 2.45) is 5.73 Å². The lowest BCUT2D eigenvalue weighted by Crippen LogP contribution is -2.62. The van der Waals surface area contributed by atoms with Crippen molar-refractivity contribution in [3.8, 4) is 0 Å². The van der Waals surface area contributed by atoms with Gasteiger partial charge < -0.3 is 16.2 Å². The van der Waals surface area contributed by atoms with Gasteiger partial charge >= 0.3 is 5.97 Å². The highest BCUT2D eigenvalue weighted by Gasteiger charge is 2.37. The van der Waals surface area contributed by atoms with Crippen LogP contribution in [0.2, 0.25) is 0 Å². The molecule has 1 aliphatic rings. The van der Waals surface area contributed by atoms with E-state index in [4.69, 9.17) is 10.8 Å². The van der Waals surface area contributed by atoms with Crippen molar-refractivity contribution in [1.29, 1.82) is 0 Å². The molecule has 0 aliphatic carbocycles. The van der Waals surface area contributed by atoms with Crippen LogP contribution in [0.4, 0.5) is 0 Å². The largest absolute Gasteiger partial charge is 0.480 e. The molecule has 1 aliphatic heterocycles. The highest BCUT2D eigenvalue weighted by Crippen LogP contribution is 2.12. The van der Waals surface area contributed by atoms with Gasteiger partial charge in [-0.2, -0.15) is 0 Å². The first-order valence-electron chi connectivity index (χ1n) is 5.02. The summed E-state index contributed by atoms with van der Waals surface area (Å²) in [5, 5.41) is 11.4. The van der Waals surface area contributed by atoms with Crippen LogP contribution in [0.5, 0.6) is 0 Å². The van der Waals surface area contributed by atoms with E-state index in [0.717, 1.165) is 0 Å². The topological polar surface area (TPSA) is 113 Å². The first-order chi connectivity index (χ1) is 7.47. The molecule has 0 aromatic rings. The quantitative estimate of drug-likeness (QED) is 0.523. The van der Waals surface area contributed by atoms with Crippen LogP contribution in [-0.2, 0) is 14.4 Å². The number of carboxylic acid groups (broad SMARTS) is 1. The van der Waals surface area contributed by atoms with Crippen molar-refractivity contribution < 1.29 is 19.5 Å². The molecule has 4 N–H and O–H groups in total. The number of carbonyl (C=O) groups is 3. The van der Waals surface area contributed by atoms with Crippen molar-refractivity contribution in [1.82, 2.24) is 10.2 Å². The summed E-state index contributed by atoms with van der Waals surface area (Å²) in [6.07, 6.45) is 0.381. The van der Waals surface area contributed by atoms with E-state index in [9.17, 15) is 14.4 Å². The van der Waals surface area contributed by atoms with Gasteiger partial charge in [-0.05, 0) is 6.42 Å². The molecule has 2 unspecified atom stereocenters. The molecule has 2 amide bonds. The van der Waals surface area contributed by atoms with Gasteiger partial charge in [0.15, 0.2) is 0 Å². The number of carbonyl (C=O) groups excluding carboxylic acids is 2. The summed E-state index contributed by atoms with van der Waals surface area (Å²) in [6.45, 7) is 1.61. The number of primary amides is 1. The van der Waals surface area contributed by atoms with Gasteiger partial charge in [0.25, 0.3) is 0 Å². The van der Waals surface area contributed by atoms with E-state index in [1.54, 1.807) is 6.92 Å². The number of hydrogen-bond donors (Lipinski definition) is 3. The van der Waals surface area contributed by atoms with Crippen LogP contribution in [-0.4, -0.2) is 53.0 Å². The Morgan fingerprint density at radius 1 is 1.69 bits per heavy atom. The second kappa shape index (κ2) is 4.93. The van der Waals surface area contributed by atoms with Crippen LogP contribution < -0.4 is 11.1 Å². The van der Waals surface area contributed by atoms with E-state index >= 15 is 0 Å². The molecule has 0 spiro atoms. The predicted molar refractivity (Wildman–Crippen MR) is 54.4 cm³/mol. The summed E-state index contributed by atoms with van der Waals surface area (Å²) in [4.78, 5) is 34.7. The van der Waals surface area contributed by atoms with Gasteiger partial charge in [0.05, 0.1) is 12.6 Å². The first kappa shape index (κ1) is 12.4. The Bertz CT molecular complexity index is 302. The molecule has 0 aromatic carbocycles. The van der Waals surface area contributed by atoms with Gasteiger partial charge in [0, 0.05) is 6.54 Å². The SMILES string of the molecule is CCC(C(N)=O)N1CC(=O)NCC1C(=O)O. The minimum absolute atomic E-state index is 0.00204. The van der Waals surface area contributed by atoms with Crippen molar-refractivity contribution in [2.75, 3.05) is 13.1 Å². The number of aliphatic carboxylic acids is 1. The minimum atomic E-state index is -1.07. The molecule has 16 heavy (non-hydrogen) atoms. The summed E-state index contributed by atoms with van der Waals surface area (Å²) in [6, 6.07) is -1.61. The van der Waals surface area contributed by atoms with Crippen LogP contribution in [0.25, 0.3) is 0 Å². The lowest BCUT2D eigenvalue weighted by molar-refractivity contribution is -0.148. The third-order valence-electron chi connectivity index (χ3n) is 2.62. The van der Waals surface area contributed by atoms with Gasteiger partial charge in [-0.25, -0.2) is 0 Å². The molecule has 0 aromatic heterocycles. The first-order valence-corrected chi connectivity index (χ1v) is 5.02. The Hall–Kier alpha value is -1.63. The fourth-order valence-corrected chi connectivity index (χ4v) is 1.82. The van der Waals surface area contributed by atoms with E-state index in [2.05, 4.69) is 5.32 Å². The Kier molecular flexibility index (Phi) is 3.83. The van der Waals surface area contributed by atoms with Crippen molar-refractivity contribution in [3.63, 3.8) is 0 Å². The van der Waals surface area contributed by atoms with E-state index < -0.39 is 24.0 Å². The third kappa shape index (κ3) is 2.48. The molecule has 1 rings (SSSR count). The smallest absolute Gasteiger partial charge is 0.322 e. The summed E-state index contributed by atoms with van der Waals surface area (Å²) < 4.78 is 0. The zero-order valence-corrected chi connectivity index (χ0v) is 8.97. The lowest BCUT2D eigenvalue weighted by atomic mass is 10.1. The molecular formula is C9H15N3O4. The van der Waals surface area contributed by atoms with Crippen molar-refractivity contribution in [2.45, 2.75) is 25.4 Å². The fraction of sp³-hybridized carbons (Fsp3) is 0.667. The Morgan fingerprint density at radius 2 is 2.31 bits per heavy atom. The van der Waals surface area contributed by atoms with Crippen molar-refractivity contribution >= 4 is 17.8 Å². The Labute approximate surface area is 92.6 Å². The number of nitrogens with zero attached hydrogens (tertiary/aromatic N) is 1. The molecule has 1 saturated heterocycles. The molecule has 0 radical (unpaired) electrons. The Balaban J connectivity index is 2.89.